The smallest absolute Gasteiger partial charge is 0.168 e. The van der Waals surface area contributed by atoms with Gasteiger partial charge in [0.2, 0.25) is 0 Å². The topological polar surface area (TPSA) is 17.1 Å². The molecule has 1 nitrogen and oxygen atoms in total. The Bertz CT molecular complexity index is 662. The lowest BCUT2D eigenvalue weighted by atomic mass is 10.0. The Labute approximate surface area is 121 Å². The molecule has 1 aliphatic heterocycles. The number of fused-ring (bicyclic) bond motifs is 2. The molecule has 3 heteroatoms. The van der Waals surface area contributed by atoms with Gasteiger partial charge < -0.3 is 0 Å². The quantitative estimate of drug-likeness (QED) is 0.713. The number of Topliss-reactive ketones (excluding diaryl/α,β-unsaturated/α-hetero) is 1. The van der Waals surface area contributed by atoms with E-state index in [1.165, 1.54) is 10.5 Å². The minimum Gasteiger partial charge on any atom is -0.294 e. The summed E-state index contributed by atoms with van der Waals surface area (Å²) in [7, 11) is 0. The summed E-state index contributed by atoms with van der Waals surface area (Å²) in [6, 6.07) is 12.5. The Hall–Kier alpha value is -1.19. The summed E-state index contributed by atoms with van der Waals surface area (Å²) >= 11 is 3.39. The second-order valence-corrected chi connectivity index (χ2v) is 6.64. The highest BCUT2D eigenvalue weighted by Crippen LogP contribution is 2.38. The number of ketones is 1. The maximum Gasteiger partial charge on any atom is 0.168 e. The van der Waals surface area contributed by atoms with Crippen LogP contribution >= 0.6 is 23.5 Å². The van der Waals surface area contributed by atoms with Gasteiger partial charge in [-0.25, -0.2) is 0 Å². The van der Waals surface area contributed by atoms with E-state index in [1.54, 1.807) is 23.5 Å². The number of rotatable bonds is 1. The van der Waals surface area contributed by atoms with Crippen molar-refractivity contribution < 1.29 is 4.79 Å². The van der Waals surface area contributed by atoms with E-state index in [0.29, 0.717) is 6.42 Å². The highest BCUT2D eigenvalue weighted by atomic mass is 32.2. The van der Waals surface area contributed by atoms with Gasteiger partial charge in [-0.05, 0) is 48.6 Å². The normalized spacial score (nSPS) is 13.7. The molecule has 0 aromatic heterocycles. The van der Waals surface area contributed by atoms with Crippen molar-refractivity contribution in [1.82, 2.24) is 0 Å². The SMILES string of the molecule is CSc1ccc2c(c1)C(=O)Cc1ccc(C)cc1S2. The Morgan fingerprint density at radius 1 is 1.11 bits per heavy atom. The highest BCUT2D eigenvalue weighted by molar-refractivity contribution is 7.99. The Balaban J connectivity index is 2.13. The summed E-state index contributed by atoms with van der Waals surface area (Å²) in [6.07, 6.45) is 2.54. The van der Waals surface area contributed by atoms with Crippen LogP contribution in [0.15, 0.2) is 51.1 Å². The molecule has 0 bridgehead atoms. The molecule has 0 amide bonds. The summed E-state index contributed by atoms with van der Waals surface area (Å²) in [6.45, 7) is 2.09. The molecule has 0 aliphatic carbocycles. The molecule has 0 fully saturated rings. The number of carbonyl (C=O) groups is 1. The van der Waals surface area contributed by atoms with Crippen molar-refractivity contribution in [3.63, 3.8) is 0 Å². The van der Waals surface area contributed by atoms with Gasteiger partial charge in [-0.1, -0.05) is 23.9 Å². The molecule has 1 aliphatic rings. The molecule has 0 saturated heterocycles. The molecule has 3 rings (SSSR count). The van der Waals surface area contributed by atoms with Gasteiger partial charge in [0.25, 0.3) is 0 Å². The molecular weight excluding hydrogens is 272 g/mol. The molecule has 0 N–H and O–H groups in total. The molecule has 1 heterocycles. The maximum absolute atomic E-state index is 12.4. The molecule has 96 valence electrons. The first-order chi connectivity index (χ1) is 9.17. The Morgan fingerprint density at radius 2 is 1.95 bits per heavy atom. The number of carbonyl (C=O) groups excluding carboxylic acids is 1. The van der Waals surface area contributed by atoms with Crippen molar-refractivity contribution in [3.8, 4) is 0 Å². The summed E-state index contributed by atoms with van der Waals surface area (Å²) in [4.78, 5) is 15.8. The van der Waals surface area contributed by atoms with E-state index < -0.39 is 0 Å². The second-order valence-electron chi connectivity index (χ2n) is 4.68. The number of benzene rings is 2. The summed E-state index contributed by atoms with van der Waals surface area (Å²) in [5.41, 5.74) is 3.25. The minimum absolute atomic E-state index is 0.223. The first kappa shape index (κ1) is 12.8. The van der Waals surface area contributed by atoms with Crippen LogP contribution in [-0.4, -0.2) is 12.0 Å². The van der Waals surface area contributed by atoms with Crippen molar-refractivity contribution in [2.24, 2.45) is 0 Å². The van der Waals surface area contributed by atoms with Crippen LogP contribution in [0.3, 0.4) is 0 Å². The van der Waals surface area contributed by atoms with Crippen LogP contribution < -0.4 is 0 Å². The molecule has 0 radical (unpaired) electrons. The highest BCUT2D eigenvalue weighted by Gasteiger charge is 2.20. The van der Waals surface area contributed by atoms with Crippen molar-refractivity contribution in [3.05, 3.63) is 53.1 Å². The van der Waals surface area contributed by atoms with Gasteiger partial charge in [0.05, 0.1) is 0 Å². The van der Waals surface area contributed by atoms with E-state index in [1.807, 2.05) is 12.3 Å². The predicted octanol–water partition coefficient (Wildman–Crippen LogP) is 4.61. The van der Waals surface area contributed by atoms with Crippen LogP contribution in [0, 0.1) is 6.92 Å². The predicted molar refractivity (Wildman–Crippen MR) is 81.6 cm³/mol. The number of aryl methyl sites for hydroxylation is 1. The van der Waals surface area contributed by atoms with Crippen molar-refractivity contribution in [1.29, 1.82) is 0 Å². The third-order valence-electron chi connectivity index (χ3n) is 3.28. The van der Waals surface area contributed by atoms with Gasteiger partial charge in [0.1, 0.15) is 0 Å². The van der Waals surface area contributed by atoms with E-state index >= 15 is 0 Å². The third kappa shape index (κ3) is 2.45. The first-order valence-electron chi connectivity index (χ1n) is 6.16. The van der Waals surface area contributed by atoms with Gasteiger partial charge in [-0.3, -0.25) is 4.79 Å². The summed E-state index contributed by atoms with van der Waals surface area (Å²) < 4.78 is 0. The molecule has 0 spiro atoms. The van der Waals surface area contributed by atoms with Gasteiger partial charge in [-0.2, -0.15) is 0 Å². The zero-order valence-electron chi connectivity index (χ0n) is 10.9. The largest absolute Gasteiger partial charge is 0.294 e. The zero-order valence-corrected chi connectivity index (χ0v) is 12.5. The van der Waals surface area contributed by atoms with Crippen LogP contribution in [0.2, 0.25) is 0 Å². The van der Waals surface area contributed by atoms with E-state index in [-0.39, 0.29) is 5.78 Å². The number of thioether (sulfide) groups is 1. The van der Waals surface area contributed by atoms with Gasteiger partial charge in [0, 0.05) is 26.7 Å². The second kappa shape index (κ2) is 5.06. The van der Waals surface area contributed by atoms with E-state index in [2.05, 4.69) is 37.3 Å². The molecule has 2 aromatic carbocycles. The lowest BCUT2D eigenvalue weighted by Gasteiger charge is -2.06. The van der Waals surface area contributed by atoms with Crippen LogP contribution in [0.25, 0.3) is 0 Å². The van der Waals surface area contributed by atoms with Gasteiger partial charge in [-0.15, -0.1) is 11.8 Å². The standard InChI is InChI=1S/C16H14OS2/c1-10-3-4-11-8-14(17)13-9-12(18-2)5-6-15(13)19-16(11)7-10/h3-7,9H,8H2,1-2H3. The van der Waals surface area contributed by atoms with Crippen molar-refractivity contribution in [2.75, 3.05) is 6.26 Å². The van der Waals surface area contributed by atoms with Crippen LogP contribution in [0.5, 0.6) is 0 Å². The minimum atomic E-state index is 0.223. The zero-order chi connectivity index (χ0) is 13.4. The van der Waals surface area contributed by atoms with E-state index in [0.717, 1.165) is 20.9 Å². The van der Waals surface area contributed by atoms with E-state index in [4.69, 9.17) is 0 Å². The lowest BCUT2D eigenvalue weighted by Crippen LogP contribution is -2.03. The van der Waals surface area contributed by atoms with Gasteiger partial charge >= 0.3 is 0 Å². The lowest BCUT2D eigenvalue weighted by molar-refractivity contribution is 0.0990. The summed E-state index contributed by atoms with van der Waals surface area (Å²) in [5, 5.41) is 0. The first-order valence-corrected chi connectivity index (χ1v) is 8.20. The molecule has 0 saturated carbocycles. The Morgan fingerprint density at radius 3 is 2.74 bits per heavy atom. The number of hydrogen-bond acceptors (Lipinski definition) is 3. The monoisotopic (exact) mass is 286 g/mol. The maximum atomic E-state index is 12.4. The van der Waals surface area contributed by atoms with Crippen molar-refractivity contribution in [2.45, 2.75) is 28.0 Å². The molecule has 19 heavy (non-hydrogen) atoms. The van der Waals surface area contributed by atoms with Crippen LogP contribution in [-0.2, 0) is 6.42 Å². The third-order valence-corrected chi connectivity index (χ3v) is 5.18. The van der Waals surface area contributed by atoms with Crippen molar-refractivity contribution >= 4 is 29.3 Å². The fraction of sp³-hybridized carbons (Fsp3) is 0.188. The average Bonchev–Trinajstić information content (AvgIpc) is 2.54. The van der Waals surface area contributed by atoms with Gasteiger partial charge in [0.15, 0.2) is 5.78 Å². The van der Waals surface area contributed by atoms with E-state index in [9.17, 15) is 4.79 Å². The Kier molecular flexibility index (Phi) is 3.42. The molecular formula is C16H14OS2. The molecule has 2 aromatic rings. The van der Waals surface area contributed by atoms with Crippen LogP contribution in [0.1, 0.15) is 21.5 Å². The molecule has 0 unspecified atom stereocenters. The summed E-state index contributed by atoms with van der Waals surface area (Å²) in [5.74, 6) is 0.223. The fourth-order valence-electron chi connectivity index (χ4n) is 2.23. The van der Waals surface area contributed by atoms with Crippen LogP contribution in [0.4, 0.5) is 0 Å². The fourth-order valence-corrected chi connectivity index (χ4v) is 3.84. The average molecular weight is 286 g/mol. The number of hydrogen-bond donors (Lipinski definition) is 0. The molecule has 0 atom stereocenters.